The van der Waals surface area contributed by atoms with E-state index in [1.54, 1.807) is 25.2 Å². The van der Waals surface area contributed by atoms with Crippen molar-refractivity contribution >= 4 is 5.96 Å². The zero-order valence-electron chi connectivity index (χ0n) is 13.2. The summed E-state index contributed by atoms with van der Waals surface area (Å²) in [6.45, 7) is 1.37. The van der Waals surface area contributed by atoms with Crippen LogP contribution in [0.2, 0.25) is 0 Å². The van der Waals surface area contributed by atoms with E-state index in [2.05, 4.69) is 15.6 Å². The molecule has 122 valence electrons. The molecule has 0 aliphatic rings. The highest BCUT2D eigenvalue weighted by Gasteiger charge is 2.00. The van der Waals surface area contributed by atoms with Gasteiger partial charge in [0.25, 0.3) is 0 Å². The van der Waals surface area contributed by atoms with Gasteiger partial charge < -0.3 is 10.6 Å². The molecule has 0 atom stereocenters. The molecule has 0 aliphatic heterocycles. The zero-order valence-corrected chi connectivity index (χ0v) is 13.2. The van der Waals surface area contributed by atoms with Gasteiger partial charge in [0.1, 0.15) is 11.6 Å². The normalized spacial score (nSPS) is 11.3. The Hall–Kier alpha value is -2.43. The average Bonchev–Trinajstić information content (AvgIpc) is 2.55. The smallest absolute Gasteiger partial charge is 0.190 e. The predicted molar refractivity (Wildman–Crippen MR) is 89.6 cm³/mol. The summed E-state index contributed by atoms with van der Waals surface area (Å²) in [6, 6.07) is 13.0. The van der Waals surface area contributed by atoms with Gasteiger partial charge in [-0.2, -0.15) is 0 Å². The molecule has 0 saturated heterocycles. The Labute approximate surface area is 135 Å². The first kappa shape index (κ1) is 16.9. The zero-order chi connectivity index (χ0) is 16.5. The van der Waals surface area contributed by atoms with Gasteiger partial charge in [0.05, 0.1) is 0 Å². The number of nitrogens with zero attached hydrogens (tertiary/aromatic N) is 1. The summed E-state index contributed by atoms with van der Waals surface area (Å²) in [4.78, 5) is 4.14. The van der Waals surface area contributed by atoms with Crippen LogP contribution in [0.5, 0.6) is 0 Å². The lowest BCUT2D eigenvalue weighted by Crippen LogP contribution is -2.39. The van der Waals surface area contributed by atoms with Crippen molar-refractivity contribution in [2.75, 3.05) is 20.1 Å². The second-order valence-electron chi connectivity index (χ2n) is 5.18. The maximum absolute atomic E-state index is 13.1. The van der Waals surface area contributed by atoms with Crippen molar-refractivity contribution in [1.29, 1.82) is 0 Å². The summed E-state index contributed by atoms with van der Waals surface area (Å²) in [6.07, 6.45) is 1.50. The molecule has 0 spiro atoms. The molecule has 2 aromatic rings. The minimum absolute atomic E-state index is 0.218. The van der Waals surface area contributed by atoms with Crippen LogP contribution in [-0.2, 0) is 12.8 Å². The van der Waals surface area contributed by atoms with Crippen LogP contribution in [0.15, 0.2) is 53.5 Å². The van der Waals surface area contributed by atoms with Crippen LogP contribution in [0, 0.1) is 11.6 Å². The summed E-state index contributed by atoms with van der Waals surface area (Å²) < 4.78 is 25.9. The molecule has 2 aromatic carbocycles. The Kier molecular flexibility index (Phi) is 6.54. The number of rotatable bonds is 6. The van der Waals surface area contributed by atoms with Crippen LogP contribution >= 0.6 is 0 Å². The third-order valence-electron chi connectivity index (χ3n) is 3.44. The van der Waals surface area contributed by atoms with Crippen LogP contribution < -0.4 is 10.6 Å². The summed E-state index contributed by atoms with van der Waals surface area (Å²) >= 11 is 0. The van der Waals surface area contributed by atoms with E-state index in [9.17, 15) is 8.78 Å². The van der Waals surface area contributed by atoms with Gasteiger partial charge in [0.2, 0.25) is 0 Å². The molecular weight excluding hydrogens is 296 g/mol. The molecule has 2 rings (SSSR count). The molecule has 0 amide bonds. The Morgan fingerprint density at radius 2 is 1.52 bits per heavy atom. The van der Waals surface area contributed by atoms with Crippen molar-refractivity contribution in [3.8, 4) is 0 Å². The van der Waals surface area contributed by atoms with Crippen molar-refractivity contribution in [3.05, 3.63) is 71.3 Å². The summed E-state index contributed by atoms with van der Waals surface area (Å²) in [5.74, 6) is 0.254. The van der Waals surface area contributed by atoms with E-state index in [4.69, 9.17) is 0 Å². The van der Waals surface area contributed by atoms with E-state index in [1.165, 1.54) is 24.3 Å². The lowest BCUT2D eigenvalue weighted by molar-refractivity contribution is 0.624. The van der Waals surface area contributed by atoms with E-state index in [1.807, 2.05) is 6.07 Å². The minimum Gasteiger partial charge on any atom is -0.356 e. The Bertz CT molecular complexity index is 639. The highest BCUT2D eigenvalue weighted by molar-refractivity contribution is 5.79. The molecule has 5 heteroatoms. The minimum atomic E-state index is -0.225. The molecule has 23 heavy (non-hydrogen) atoms. The van der Waals surface area contributed by atoms with Crippen LogP contribution in [-0.4, -0.2) is 26.1 Å². The number of nitrogens with one attached hydrogen (secondary N) is 2. The summed E-state index contributed by atoms with van der Waals surface area (Å²) in [5.41, 5.74) is 2.01. The quantitative estimate of drug-likeness (QED) is 0.635. The molecule has 0 saturated carbocycles. The second-order valence-corrected chi connectivity index (χ2v) is 5.18. The summed E-state index contributed by atoms with van der Waals surface area (Å²) in [7, 11) is 1.70. The molecule has 2 N–H and O–H groups in total. The number of guanidine groups is 1. The van der Waals surface area contributed by atoms with Gasteiger partial charge in [-0.05, 0) is 48.2 Å². The van der Waals surface area contributed by atoms with Crippen molar-refractivity contribution in [2.45, 2.75) is 12.8 Å². The van der Waals surface area contributed by atoms with E-state index < -0.39 is 0 Å². The fraction of sp³-hybridized carbons (Fsp3) is 0.278. The van der Waals surface area contributed by atoms with E-state index in [0.717, 1.165) is 24.0 Å². The molecule has 0 heterocycles. The topological polar surface area (TPSA) is 36.4 Å². The van der Waals surface area contributed by atoms with E-state index in [0.29, 0.717) is 19.0 Å². The molecular formula is C18H21F2N3. The number of hydrogen-bond acceptors (Lipinski definition) is 1. The van der Waals surface area contributed by atoms with Gasteiger partial charge in [-0.3, -0.25) is 4.99 Å². The molecule has 0 aliphatic carbocycles. The maximum atomic E-state index is 13.1. The first-order valence-electron chi connectivity index (χ1n) is 7.61. The molecule has 0 radical (unpaired) electrons. The lowest BCUT2D eigenvalue weighted by Gasteiger charge is -2.12. The number of hydrogen-bond donors (Lipinski definition) is 2. The third-order valence-corrected chi connectivity index (χ3v) is 3.44. The van der Waals surface area contributed by atoms with E-state index >= 15 is 0 Å². The number of aliphatic imine (C=N–C) groups is 1. The van der Waals surface area contributed by atoms with Crippen molar-refractivity contribution < 1.29 is 8.78 Å². The Morgan fingerprint density at radius 3 is 2.13 bits per heavy atom. The van der Waals surface area contributed by atoms with Crippen LogP contribution in [0.3, 0.4) is 0 Å². The first-order chi connectivity index (χ1) is 11.2. The Morgan fingerprint density at radius 1 is 0.870 bits per heavy atom. The van der Waals surface area contributed by atoms with Gasteiger partial charge in [0.15, 0.2) is 5.96 Å². The fourth-order valence-electron chi connectivity index (χ4n) is 2.21. The predicted octanol–water partition coefficient (Wildman–Crippen LogP) is 2.92. The van der Waals surface area contributed by atoms with Crippen LogP contribution in [0.25, 0.3) is 0 Å². The maximum Gasteiger partial charge on any atom is 0.190 e. The molecule has 0 unspecified atom stereocenters. The summed E-state index contributed by atoms with van der Waals surface area (Å²) in [5, 5.41) is 6.39. The van der Waals surface area contributed by atoms with Gasteiger partial charge in [-0.1, -0.05) is 24.3 Å². The average molecular weight is 317 g/mol. The lowest BCUT2D eigenvalue weighted by atomic mass is 10.1. The fourth-order valence-corrected chi connectivity index (χ4v) is 2.21. The highest BCUT2D eigenvalue weighted by atomic mass is 19.1. The van der Waals surface area contributed by atoms with E-state index in [-0.39, 0.29) is 11.6 Å². The molecule has 0 fully saturated rings. The number of halogens is 2. The van der Waals surface area contributed by atoms with Crippen molar-refractivity contribution in [2.24, 2.45) is 4.99 Å². The van der Waals surface area contributed by atoms with Gasteiger partial charge in [-0.15, -0.1) is 0 Å². The van der Waals surface area contributed by atoms with Gasteiger partial charge in [0, 0.05) is 20.1 Å². The molecule has 0 aromatic heterocycles. The van der Waals surface area contributed by atoms with Gasteiger partial charge >= 0.3 is 0 Å². The van der Waals surface area contributed by atoms with Gasteiger partial charge in [-0.25, -0.2) is 8.78 Å². The van der Waals surface area contributed by atoms with Crippen LogP contribution in [0.1, 0.15) is 11.1 Å². The second kappa shape index (κ2) is 8.88. The molecule has 3 nitrogen and oxygen atoms in total. The molecule has 0 bridgehead atoms. The Balaban J connectivity index is 1.70. The van der Waals surface area contributed by atoms with Crippen molar-refractivity contribution in [1.82, 2.24) is 10.6 Å². The first-order valence-corrected chi connectivity index (χ1v) is 7.61. The monoisotopic (exact) mass is 317 g/mol. The standard InChI is InChI=1S/C18H21F2N3/c1-21-18(22-11-9-14-5-7-16(19)8-6-14)23-12-10-15-3-2-4-17(20)13-15/h2-8,13H,9-12H2,1H3,(H2,21,22,23). The number of benzene rings is 2. The largest absolute Gasteiger partial charge is 0.356 e. The van der Waals surface area contributed by atoms with Crippen LogP contribution in [0.4, 0.5) is 8.78 Å². The van der Waals surface area contributed by atoms with Crippen molar-refractivity contribution in [3.63, 3.8) is 0 Å². The highest BCUT2D eigenvalue weighted by Crippen LogP contribution is 2.04. The SMILES string of the molecule is CN=C(NCCc1ccc(F)cc1)NCCc1cccc(F)c1. The third kappa shape index (κ3) is 6.06.